The van der Waals surface area contributed by atoms with Crippen molar-refractivity contribution in [2.45, 2.75) is 59.3 Å². The summed E-state index contributed by atoms with van der Waals surface area (Å²) in [5.41, 5.74) is 2.22. The van der Waals surface area contributed by atoms with Crippen LogP contribution in [0.15, 0.2) is 0 Å². The molecule has 136 valence electrons. The molecule has 2 aliphatic rings. The highest BCUT2D eigenvalue weighted by Crippen LogP contribution is 2.45. The van der Waals surface area contributed by atoms with Gasteiger partial charge in [-0.1, -0.05) is 27.2 Å². The minimum Gasteiger partial charge on any atom is -0.315 e. The Morgan fingerprint density at radius 2 is 2.12 bits per heavy atom. The van der Waals surface area contributed by atoms with Crippen LogP contribution in [0.1, 0.15) is 62.5 Å². The van der Waals surface area contributed by atoms with E-state index in [0.29, 0.717) is 23.4 Å². The van der Waals surface area contributed by atoms with Crippen LogP contribution in [-0.2, 0) is 17.6 Å². The van der Waals surface area contributed by atoms with Gasteiger partial charge in [0.05, 0.1) is 12.1 Å². The van der Waals surface area contributed by atoms with Crippen molar-refractivity contribution in [3.8, 4) is 6.07 Å². The zero-order chi connectivity index (χ0) is 18.0. The van der Waals surface area contributed by atoms with Crippen LogP contribution < -0.4 is 5.32 Å². The summed E-state index contributed by atoms with van der Waals surface area (Å²) in [6.07, 6.45) is 6.67. The predicted molar refractivity (Wildman–Crippen MR) is 103 cm³/mol. The average molecular weight is 360 g/mol. The number of thiophene rings is 1. The van der Waals surface area contributed by atoms with Crippen molar-refractivity contribution < 1.29 is 4.79 Å². The number of hydrogen-bond acceptors (Lipinski definition) is 4. The molecule has 0 aromatic carbocycles. The van der Waals surface area contributed by atoms with Gasteiger partial charge in [-0.3, -0.25) is 9.69 Å². The van der Waals surface area contributed by atoms with Crippen molar-refractivity contribution in [3.63, 3.8) is 0 Å². The zero-order valence-corrected chi connectivity index (χ0v) is 16.5. The van der Waals surface area contributed by atoms with Crippen molar-refractivity contribution in [3.05, 3.63) is 16.0 Å². The monoisotopic (exact) mass is 359 g/mol. The summed E-state index contributed by atoms with van der Waals surface area (Å²) in [7, 11) is 0. The second-order valence-electron chi connectivity index (χ2n) is 8.13. The molecule has 1 aliphatic carbocycles. The van der Waals surface area contributed by atoms with Crippen LogP contribution >= 0.6 is 11.3 Å². The fourth-order valence-corrected chi connectivity index (χ4v) is 5.35. The molecule has 1 aliphatic heterocycles. The SMILES string of the molecule is CCC(C)(C)C1CCc2c(sc(NC(=O)CN3CCCC3)c2C#N)C1. The van der Waals surface area contributed by atoms with Crippen LogP contribution in [0.25, 0.3) is 0 Å². The molecule has 2 heterocycles. The second kappa shape index (κ2) is 7.47. The lowest BCUT2D eigenvalue weighted by molar-refractivity contribution is -0.117. The van der Waals surface area contributed by atoms with Gasteiger partial charge in [-0.15, -0.1) is 11.3 Å². The number of amides is 1. The van der Waals surface area contributed by atoms with E-state index in [1.807, 2.05) is 0 Å². The number of rotatable bonds is 5. The summed E-state index contributed by atoms with van der Waals surface area (Å²) in [6.45, 7) is 9.41. The van der Waals surface area contributed by atoms with Crippen molar-refractivity contribution >= 4 is 22.2 Å². The standard InChI is InChI=1S/C20H29N3OS/c1-4-20(2,3)14-7-8-15-16(12-21)19(25-17(15)11-14)22-18(24)13-23-9-5-6-10-23/h14H,4-11,13H2,1-3H3,(H,22,24). The highest BCUT2D eigenvalue weighted by atomic mass is 32.1. The molecule has 4 nitrogen and oxygen atoms in total. The fourth-order valence-electron chi connectivity index (χ4n) is 4.06. The Kier molecular flexibility index (Phi) is 5.50. The van der Waals surface area contributed by atoms with E-state index in [0.717, 1.165) is 37.4 Å². The van der Waals surface area contributed by atoms with E-state index < -0.39 is 0 Å². The highest BCUT2D eigenvalue weighted by molar-refractivity contribution is 7.16. The third-order valence-electron chi connectivity index (χ3n) is 6.21. The quantitative estimate of drug-likeness (QED) is 0.857. The Morgan fingerprint density at radius 3 is 2.76 bits per heavy atom. The van der Waals surface area contributed by atoms with E-state index in [2.05, 4.69) is 37.1 Å². The maximum atomic E-state index is 12.4. The molecule has 25 heavy (non-hydrogen) atoms. The zero-order valence-electron chi connectivity index (χ0n) is 15.7. The molecule has 1 aromatic rings. The van der Waals surface area contributed by atoms with Gasteiger partial charge in [0.15, 0.2) is 0 Å². The van der Waals surface area contributed by atoms with Gasteiger partial charge in [-0.25, -0.2) is 0 Å². The molecule has 1 unspecified atom stereocenters. The summed E-state index contributed by atoms with van der Waals surface area (Å²) in [5.74, 6) is 0.672. The molecule has 0 saturated carbocycles. The number of anilines is 1. The second-order valence-corrected chi connectivity index (χ2v) is 9.24. The number of carbonyl (C=O) groups is 1. The Labute approximate surface area is 155 Å². The maximum absolute atomic E-state index is 12.4. The summed E-state index contributed by atoms with van der Waals surface area (Å²) in [6, 6.07) is 2.35. The fraction of sp³-hybridized carbons (Fsp3) is 0.700. The maximum Gasteiger partial charge on any atom is 0.239 e. The molecule has 0 bridgehead atoms. The normalized spacial score (nSPS) is 21.0. The molecule has 1 saturated heterocycles. The number of nitrogens with zero attached hydrogens (tertiary/aromatic N) is 2. The lowest BCUT2D eigenvalue weighted by Gasteiger charge is -2.36. The van der Waals surface area contributed by atoms with E-state index in [4.69, 9.17) is 0 Å². The molecular weight excluding hydrogens is 330 g/mol. The molecule has 1 atom stereocenters. The molecule has 1 amide bonds. The minimum atomic E-state index is 0.0161. The number of nitriles is 1. The number of fused-ring (bicyclic) bond motifs is 1. The molecule has 1 fully saturated rings. The van der Waals surface area contributed by atoms with Gasteiger partial charge < -0.3 is 5.32 Å². The van der Waals surface area contributed by atoms with Gasteiger partial charge in [0, 0.05) is 4.88 Å². The summed E-state index contributed by atoms with van der Waals surface area (Å²) in [4.78, 5) is 15.9. The van der Waals surface area contributed by atoms with E-state index in [9.17, 15) is 10.1 Å². The number of hydrogen-bond donors (Lipinski definition) is 1. The molecule has 5 heteroatoms. The Morgan fingerprint density at radius 1 is 1.40 bits per heavy atom. The highest BCUT2D eigenvalue weighted by Gasteiger charge is 2.34. The van der Waals surface area contributed by atoms with Crippen LogP contribution in [0.4, 0.5) is 5.00 Å². The van der Waals surface area contributed by atoms with E-state index in [1.165, 1.54) is 29.7 Å². The predicted octanol–water partition coefficient (Wildman–Crippen LogP) is 4.20. The first kappa shape index (κ1) is 18.4. The van der Waals surface area contributed by atoms with Crippen molar-refractivity contribution in [2.24, 2.45) is 11.3 Å². The van der Waals surface area contributed by atoms with Gasteiger partial charge in [-0.2, -0.15) is 5.26 Å². The van der Waals surface area contributed by atoms with Gasteiger partial charge >= 0.3 is 0 Å². The van der Waals surface area contributed by atoms with E-state index in [-0.39, 0.29) is 5.91 Å². The smallest absolute Gasteiger partial charge is 0.239 e. The molecule has 1 N–H and O–H groups in total. The van der Waals surface area contributed by atoms with Crippen molar-refractivity contribution in [1.82, 2.24) is 4.90 Å². The van der Waals surface area contributed by atoms with Crippen LogP contribution in [-0.4, -0.2) is 30.4 Å². The number of likely N-dealkylation sites (tertiary alicyclic amines) is 1. The summed E-state index contributed by atoms with van der Waals surface area (Å²) in [5, 5.41) is 13.4. The molecule has 3 rings (SSSR count). The van der Waals surface area contributed by atoms with Gasteiger partial charge in [0.1, 0.15) is 11.1 Å². The van der Waals surface area contributed by atoms with Gasteiger partial charge in [0.2, 0.25) is 5.91 Å². The molecular formula is C20H29N3OS. The molecule has 1 aromatic heterocycles. The third-order valence-corrected chi connectivity index (χ3v) is 7.38. The number of nitrogens with one attached hydrogen (secondary N) is 1. The summed E-state index contributed by atoms with van der Waals surface area (Å²) >= 11 is 1.63. The minimum absolute atomic E-state index is 0.0161. The van der Waals surface area contributed by atoms with Gasteiger partial charge in [0.25, 0.3) is 0 Å². The van der Waals surface area contributed by atoms with E-state index in [1.54, 1.807) is 11.3 Å². The lowest BCUT2D eigenvalue weighted by Crippen LogP contribution is -2.30. The third kappa shape index (κ3) is 3.91. The molecule has 0 spiro atoms. The van der Waals surface area contributed by atoms with Gasteiger partial charge in [-0.05, 0) is 62.1 Å². The lowest BCUT2D eigenvalue weighted by atomic mass is 9.69. The van der Waals surface area contributed by atoms with Crippen LogP contribution in [0, 0.1) is 22.7 Å². The Bertz CT molecular complexity index is 680. The topological polar surface area (TPSA) is 56.1 Å². The average Bonchev–Trinajstić information content (AvgIpc) is 3.20. The van der Waals surface area contributed by atoms with E-state index >= 15 is 0 Å². The first-order valence-corrected chi connectivity index (χ1v) is 10.3. The van der Waals surface area contributed by atoms with Crippen molar-refractivity contribution in [2.75, 3.05) is 25.0 Å². The van der Waals surface area contributed by atoms with Crippen LogP contribution in [0.5, 0.6) is 0 Å². The van der Waals surface area contributed by atoms with Crippen LogP contribution in [0.2, 0.25) is 0 Å². The first-order valence-electron chi connectivity index (χ1n) is 9.51. The Balaban J connectivity index is 1.74. The van der Waals surface area contributed by atoms with Crippen LogP contribution in [0.3, 0.4) is 0 Å². The number of carbonyl (C=O) groups excluding carboxylic acids is 1. The summed E-state index contributed by atoms with van der Waals surface area (Å²) < 4.78 is 0. The molecule has 0 radical (unpaired) electrons. The largest absolute Gasteiger partial charge is 0.315 e. The first-order chi connectivity index (χ1) is 11.9. The van der Waals surface area contributed by atoms with Crippen molar-refractivity contribution in [1.29, 1.82) is 5.26 Å². The Hall–Kier alpha value is -1.38.